The molecular formula is C26H30FN3O4. The molecule has 0 amide bonds. The van der Waals surface area contributed by atoms with E-state index in [1.54, 1.807) is 32.0 Å². The molecule has 7 nitrogen and oxygen atoms in total. The van der Waals surface area contributed by atoms with Crippen molar-refractivity contribution in [3.8, 4) is 5.75 Å². The predicted molar refractivity (Wildman–Crippen MR) is 127 cm³/mol. The van der Waals surface area contributed by atoms with Crippen LogP contribution in [0.25, 0.3) is 10.9 Å². The summed E-state index contributed by atoms with van der Waals surface area (Å²) in [5.41, 5.74) is 1.10. The van der Waals surface area contributed by atoms with Crippen molar-refractivity contribution >= 4 is 22.7 Å². The number of nitrogens with one attached hydrogen (secondary N) is 1. The molecule has 4 rings (SSSR count). The number of halogens is 1. The van der Waals surface area contributed by atoms with Crippen molar-refractivity contribution in [2.24, 2.45) is 5.92 Å². The molecular weight excluding hydrogens is 437 g/mol. The van der Waals surface area contributed by atoms with E-state index in [4.69, 9.17) is 4.74 Å². The number of aliphatic hydroxyl groups is 1. The van der Waals surface area contributed by atoms with Crippen molar-refractivity contribution in [3.63, 3.8) is 0 Å². The molecule has 1 aromatic heterocycles. The summed E-state index contributed by atoms with van der Waals surface area (Å²) in [6.45, 7) is 5.38. The molecule has 1 aliphatic rings. The Labute approximate surface area is 198 Å². The number of hydrogen-bond donors (Lipinski definition) is 3. The fourth-order valence-electron chi connectivity index (χ4n) is 4.81. The minimum atomic E-state index is -1.22. The smallest absolute Gasteiger partial charge is 0.306 e. The number of carboxylic acids is 1. The van der Waals surface area contributed by atoms with Gasteiger partial charge >= 0.3 is 5.97 Å². The van der Waals surface area contributed by atoms with Crippen molar-refractivity contribution in [1.82, 2.24) is 9.97 Å². The van der Waals surface area contributed by atoms with Gasteiger partial charge in [-0.2, -0.15) is 0 Å². The molecule has 180 valence electrons. The number of aryl methyl sites for hydroxylation is 2. The highest BCUT2D eigenvalue weighted by molar-refractivity contribution is 5.91. The molecule has 3 N–H and O–H groups in total. The summed E-state index contributed by atoms with van der Waals surface area (Å²) in [5.74, 6) is 0.0142. The number of aromatic nitrogens is 2. The van der Waals surface area contributed by atoms with Crippen LogP contribution in [0.5, 0.6) is 5.75 Å². The molecule has 0 radical (unpaired) electrons. The van der Waals surface area contributed by atoms with Crippen LogP contribution in [0.4, 0.5) is 10.2 Å². The fourth-order valence-corrected chi connectivity index (χ4v) is 4.81. The third kappa shape index (κ3) is 4.42. The monoisotopic (exact) mass is 467 g/mol. The van der Waals surface area contributed by atoms with Crippen LogP contribution in [0, 0.1) is 25.6 Å². The summed E-state index contributed by atoms with van der Waals surface area (Å²) in [7, 11) is 1.53. The molecule has 0 bridgehead atoms. The molecule has 0 saturated heterocycles. The molecule has 1 aliphatic carbocycles. The zero-order valence-electron chi connectivity index (χ0n) is 19.9. The highest BCUT2D eigenvalue weighted by Crippen LogP contribution is 2.45. The van der Waals surface area contributed by atoms with E-state index in [1.165, 1.54) is 7.11 Å². The number of rotatable bonds is 6. The number of hydrogen-bond acceptors (Lipinski definition) is 6. The maximum Gasteiger partial charge on any atom is 0.306 e. The topological polar surface area (TPSA) is 105 Å². The normalized spacial score (nSPS) is 21.3. The Morgan fingerprint density at radius 2 is 1.94 bits per heavy atom. The third-order valence-corrected chi connectivity index (χ3v) is 6.83. The Kier molecular flexibility index (Phi) is 6.45. The summed E-state index contributed by atoms with van der Waals surface area (Å²) in [5, 5.41) is 24.8. The number of benzene rings is 2. The van der Waals surface area contributed by atoms with Crippen LogP contribution in [-0.4, -0.2) is 33.3 Å². The quantitative estimate of drug-likeness (QED) is 0.467. The second kappa shape index (κ2) is 9.18. The molecule has 1 fully saturated rings. The molecule has 0 unspecified atom stereocenters. The van der Waals surface area contributed by atoms with E-state index >= 15 is 0 Å². The largest absolute Gasteiger partial charge is 0.496 e. The van der Waals surface area contributed by atoms with Crippen LogP contribution in [0.3, 0.4) is 0 Å². The van der Waals surface area contributed by atoms with Crippen LogP contribution >= 0.6 is 0 Å². The maximum absolute atomic E-state index is 14.7. The average molecular weight is 468 g/mol. The third-order valence-electron chi connectivity index (χ3n) is 6.83. The number of methoxy groups -OCH3 is 1. The molecule has 1 saturated carbocycles. The summed E-state index contributed by atoms with van der Waals surface area (Å²) in [6, 6.07) is 8.51. The van der Waals surface area contributed by atoms with Gasteiger partial charge in [-0.15, -0.1) is 0 Å². The first-order valence-electron chi connectivity index (χ1n) is 11.5. The van der Waals surface area contributed by atoms with Gasteiger partial charge in [0.05, 0.1) is 30.2 Å². The van der Waals surface area contributed by atoms with Crippen molar-refractivity contribution < 1.29 is 24.1 Å². The van der Waals surface area contributed by atoms with Crippen molar-refractivity contribution in [1.29, 1.82) is 0 Å². The lowest BCUT2D eigenvalue weighted by atomic mass is 9.74. The zero-order chi connectivity index (χ0) is 24.6. The van der Waals surface area contributed by atoms with Gasteiger partial charge in [0.1, 0.15) is 23.2 Å². The second-order valence-corrected chi connectivity index (χ2v) is 9.18. The Balaban J connectivity index is 1.77. The van der Waals surface area contributed by atoms with E-state index in [1.807, 2.05) is 19.1 Å². The van der Waals surface area contributed by atoms with Crippen LogP contribution in [0.2, 0.25) is 0 Å². The molecule has 34 heavy (non-hydrogen) atoms. The van der Waals surface area contributed by atoms with Crippen molar-refractivity contribution in [2.45, 2.75) is 58.1 Å². The lowest BCUT2D eigenvalue weighted by Crippen LogP contribution is -2.34. The first-order valence-corrected chi connectivity index (χ1v) is 11.5. The van der Waals surface area contributed by atoms with Gasteiger partial charge in [0.25, 0.3) is 0 Å². The highest BCUT2D eigenvalue weighted by Gasteiger charge is 2.39. The highest BCUT2D eigenvalue weighted by atomic mass is 19.1. The summed E-state index contributed by atoms with van der Waals surface area (Å²) < 4.78 is 20.3. The SMILES string of the molecule is COc1cc2nc(C)nc(N[C@H](C)c3cccc(C)c3F)c2cc1C1(O)CCC(C(=O)O)CC1. The molecule has 3 aromatic rings. The van der Waals surface area contributed by atoms with Crippen LogP contribution in [0.15, 0.2) is 30.3 Å². The number of nitrogens with zero attached hydrogens (tertiary/aromatic N) is 2. The van der Waals surface area contributed by atoms with Crippen LogP contribution in [0.1, 0.15) is 61.2 Å². The molecule has 0 spiro atoms. The van der Waals surface area contributed by atoms with E-state index in [0.29, 0.717) is 70.7 Å². The van der Waals surface area contributed by atoms with Gasteiger partial charge in [-0.25, -0.2) is 14.4 Å². The number of anilines is 1. The lowest BCUT2D eigenvalue weighted by Gasteiger charge is -2.36. The van der Waals surface area contributed by atoms with Gasteiger partial charge in [-0.3, -0.25) is 4.79 Å². The minimum absolute atomic E-state index is 0.260. The standard InChI is InChI=1S/C26H30FN3O4/c1-14-6-5-7-18(23(14)27)15(2)28-24-19-12-20(22(34-4)13-21(19)29-16(3)30-24)26(33)10-8-17(9-11-26)25(31)32/h5-7,12-13,15,17,33H,8-11H2,1-4H3,(H,31,32)(H,28,29,30)/t15-,17?,26?/m1/s1. The minimum Gasteiger partial charge on any atom is -0.496 e. The van der Waals surface area contributed by atoms with E-state index in [2.05, 4.69) is 15.3 Å². The van der Waals surface area contributed by atoms with Gasteiger partial charge in [-0.1, -0.05) is 18.2 Å². The fraction of sp³-hybridized carbons (Fsp3) is 0.423. The number of ether oxygens (including phenoxy) is 1. The number of carbonyl (C=O) groups is 1. The van der Waals surface area contributed by atoms with Crippen molar-refractivity contribution in [2.75, 3.05) is 12.4 Å². The van der Waals surface area contributed by atoms with E-state index in [0.717, 1.165) is 0 Å². The predicted octanol–water partition coefficient (Wildman–Crippen LogP) is 5.03. The summed E-state index contributed by atoms with van der Waals surface area (Å²) >= 11 is 0. The molecule has 1 atom stereocenters. The summed E-state index contributed by atoms with van der Waals surface area (Å²) in [6.07, 6.45) is 1.39. The molecule has 0 aliphatic heterocycles. The molecule has 2 aromatic carbocycles. The Bertz CT molecular complexity index is 1240. The van der Waals surface area contributed by atoms with Gasteiger partial charge in [0, 0.05) is 22.6 Å². The number of carboxylic acid groups (broad SMARTS) is 1. The van der Waals surface area contributed by atoms with Crippen LogP contribution < -0.4 is 10.1 Å². The Hall–Kier alpha value is -3.26. The van der Waals surface area contributed by atoms with Gasteiger partial charge < -0.3 is 20.3 Å². The first kappa shape index (κ1) is 23.9. The zero-order valence-corrected chi connectivity index (χ0v) is 19.9. The second-order valence-electron chi connectivity index (χ2n) is 9.18. The Morgan fingerprint density at radius 3 is 2.59 bits per heavy atom. The summed E-state index contributed by atoms with van der Waals surface area (Å²) in [4.78, 5) is 20.5. The van der Waals surface area contributed by atoms with Crippen LogP contribution in [-0.2, 0) is 10.4 Å². The lowest BCUT2D eigenvalue weighted by molar-refractivity contribution is -0.145. The van der Waals surface area contributed by atoms with E-state index < -0.39 is 17.5 Å². The molecule has 1 heterocycles. The van der Waals surface area contributed by atoms with Gasteiger partial charge in [-0.05, 0) is 58.1 Å². The van der Waals surface area contributed by atoms with Gasteiger partial charge in [0.15, 0.2) is 0 Å². The Morgan fingerprint density at radius 1 is 1.24 bits per heavy atom. The van der Waals surface area contributed by atoms with E-state index in [-0.39, 0.29) is 11.9 Å². The number of aliphatic carboxylic acids is 1. The van der Waals surface area contributed by atoms with E-state index in [9.17, 15) is 19.4 Å². The van der Waals surface area contributed by atoms with Gasteiger partial charge in [0.2, 0.25) is 0 Å². The average Bonchev–Trinajstić information content (AvgIpc) is 2.80. The molecule has 8 heteroatoms. The maximum atomic E-state index is 14.7. The van der Waals surface area contributed by atoms with Crippen molar-refractivity contribution in [3.05, 3.63) is 58.7 Å². The first-order chi connectivity index (χ1) is 16.1. The number of fused-ring (bicyclic) bond motifs is 1.